The monoisotopic (exact) mass is 856 g/mol. The fraction of sp³-hybridized carbons (Fsp3) is 0.475. The quantitative estimate of drug-likeness (QED) is 0.142. The van der Waals surface area contributed by atoms with E-state index in [9.17, 15) is 32.3 Å². The summed E-state index contributed by atoms with van der Waals surface area (Å²) in [5.41, 5.74) is -1.18. The maximum absolute atomic E-state index is 14.3. The highest BCUT2D eigenvalue weighted by Crippen LogP contribution is 2.37. The minimum Gasteiger partial charge on any atom is -0.444 e. The Morgan fingerprint density at radius 3 is 2.20 bits per heavy atom. The van der Waals surface area contributed by atoms with Crippen LogP contribution in [0.3, 0.4) is 0 Å². The number of hydrogen-bond donors (Lipinski definition) is 3. The number of piperazine rings is 1. The summed E-state index contributed by atoms with van der Waals surface area (Å²) in [6.07, 6.45) is 0.00606. The number of halogens is 4. The molecule has 60 heavy (non-hydrogen) atoms. The van der Waals surface area contributed by atoms with Crippen molar-refractivity contribution in [2.45, 2.75) is 45.4 Å². The van der Waals surface area contributed by atoms with Gasteiger partial charge in [-0.05, 0) is 51.1 Å². The Morgan fingerprint density at radius 2 is 1.58 bits per heavy atom. The molecule has 0 atom stereocenters. The fourth-order valence-electron chi connectivity index (χ4n) is 7.10. The van der Waals surface area contributed by atoms with E-state index in [0.29, 0.717) is 38.4 Å². The van der Waals surface area contributed by atoms with Crippen LogP contribution in [0.5, 0.6) is 0 Å². The van der Waals surface area contributed by atoms with Crippen molar-refractivity contribution >= 4 is 46.8 Å². The van der Waals surface area contributed by atoms with Gasteiger partial charge in [0.15, 0.2) is 17.3 Å². The van der Waals surface area contributed by atoms with Crippen LogP contribution in [0.15, 0.2) is 48.9 Å². The molecule has 2 aliphatic heterocycles. The molecule has 0 radical (unpaired) electrons. The van der Waals surface area contributed by atoms with Gasteiger partial charge in [0.1, 0.15) is 5.60 Å². The minimum absolute atomic E-state index is 0.00931. The Balaban J connectivity index is 1.07. The van der Waals surface area contributed by atoms with E-state index in [1.165, 1.54) is 42.1 Å². The zero-order valence-corrected chi connectivity index (χ0v) is 35.2. The van der Waals surface area contributed by atoms with Gasteiger partial charge in [0.05, 0.1) is 67.1 Å². The van der Waals surface area contributed by atoms with Crippen molar-refractivity contribution in [2.24, 2.45) is 13.0 Å². The van der Waals surface area contributed by atoms with Crippen molar-refractivity contribution in [3.8, 4) is 17.1 Å². The third kappa shape index (κ3) is 10.5. The first-order valence-corrected chi connectivity index (χ1v) is 19.9. The van der Waals surface area contributed by atoms with Crippen molar-refractivity contribution in [2.75, 3.05) is 77.1 Å². The predicted octanol–water partition coefficient (Wildman–Crippen LogP) is 5.30. The van der Waals surface area contributed by atoms with Gasteiger partial charge in [0, 0.05) is 77.0 Å². The molecule has 16 nitrogen and oxygen atoms in total. The number of alkyl halides is 3. The van der Waals surface area contributed by atoms with E-state index in [0.717, 1.165) is 47.5 Å². The van der Waals surface area contributed by atoms with Crippen LogP contribution in [0.1, 0.15) is 60.3 Å². The van der Waals surface area contributed by atoms with Gasteiger partial charge in [-0.2, -0.15) is 18.3 Å². The van der Waals surface area contributed by atoms with E-state index >= 15 is 0 Å². The Bertz CT molecular complexity index is 2220. The lowest BCUT2D eigenvalue weighted by Crippen LogP contribution is -2.54. The van der Waals surface area contributed by atoms with E-state index in [1.807, 2.05) is 4.90 Å². The summed E-state index contributed by atoms with van der Waals surface area (Å²) < 4.78 is 51.2. The van der Waals surface area contributed by atoms with Crippen molar-refractivity contribution in [3.05, 3.63) is 71.0 Å². The zero-order valence-electron chi connectivity index (χ0n) is 34.4. The van der Waals surface area contributed by atoms with Crippen molar-refractivity contribution in [1.29, 1.82) is 0 Å². The molecule has 1 aromatic carbocycles. The second kappa shape index (κ2) is 17.5. The molecule has 4 amide bonds. The molecule has 2 saturated heterocycles. The van der Waals surface area contributed by atoms with E-state index in [1.54, 1.807) is 31.7 Å². The maximum atomic E-state index is 14.3. The highest BCUT2D eigenvalue weighted by atomic mass is 35.5. The summed E-state index contributed by atoms with van der Waals surface area (Å²) in [6.45, 7) is 9.35. The first-order chi connectivity index (χ1) is 28.2. The van der Waals surface area contributed by atoms with Crippen LogP contribution >= 0.6 is 11.6 Å². The summed E-state index contributed by atoms with van der Waals surface area (Å²) >= 11 is 6.54. The molecule has 0 spiro atoms. The number of carbonyl (C=O) groups excluding carboxylic acids is 4. The van der Waals surface area contributed by atoms with Crippen molar-refractivity contribution in [3.63, 3.8) is 0 Å². The normalized spacial score (nSPS) is 16.0. The number of carbonyl (C=O) groups is 4. The number of benzene rings is 1. The number of nitrogens with one attached hydrogen (secondary N) is 3. The number of amides is 4. The number of anilines is 2. The maximum Gasteiger partial charge on any atom is 0.435 e. The van der Waals surface area contributed by atoms with Crippen LogP contribution in [0.2, 0.25) is 5.02 Å². The second-order valence-electron chi connectivity index (χ2n) is 16.5. The Morgan fingerprint density at radius 1 is 0.917 bits per heavy atom. The summed E-state index contributed by atoms with van der Waals surface area (Å²) in [5.74, 6) is -0.974. The van der Waals surface area contributed by atoms with Gasteiger partial charge >= 0.3 is 12.3 Å². The average molecular weight is 857 g/mol. The third-order valence-electron chi connectivity index (χ3n) is 10.4. The highest BCUT2D eigenvalue weighted by molar-refractivity contribution is 6.34. The lowest BCUT2D eigenvalue weighted by molar-refractivity contribution is -0.895. The largest absolute Gasteiger partial charge is 0.444 e. The van der Waals surface area contributed by atoms with Crippen LogP contribution in [0.4, 0.5) is 29.3 Å². The van der Waals surface area contributed by atoms with E-state index in [4.69, 9.17) is 16.3 Å². The number of rotatable bonds is 10. The number of imidazole rings is 1. The molecule has 0 unspecified atom stereocenters. The van der Waals surface area contributed by atoms with E-state index in [2.05, 4.69) is 45.1 Å². The Hall–Kier alpha value is -5.69. The zero-order chi connectivity index (χ0) is 43.6. The molecular weight excluding hydrogens is 807 g/mol. The Kier molecular flexibility index (Phi) is 12.8. The average Bonchev–Trinajstić information content (AvgIpc) is 3.80. The second-order valence-corrected chi connectivity index (χ2v) is 17.0. The summed E-state index contributed by atoms with van der Waals surface area (Å²) in [5, 5.41) is 12.2. The van der Waals surface area contributed by atoms with Crippen molar-refractivity contribution < 1.29 is 41.6 Å². The molecule has 6 rings (SSSR count). The van der Waals surface area contributed by atoms with Crippen LogP contribution in [0, 0.1) is 5.92 Å². The standard InChI is InChI=1S/C40H49ClF3N11O5/c1-39(2,3)60-38(59)46-14-13-45-27-8-10-32(47-22-27)54-24-29(33(50-54)40(42,43)44)31-23-48-34(51(31)4)35(56)49-26-7-9-28(30(41)21-26)37(58)53-17-15-52(16-18-53)36(57)25-11-19-55(5,6)20-12-25/h7-10,21-25,45H,11-20H2,1-6H3,(H-,46,49,56,58,59)/p+1. The van der Waals surface area contributed by atoms with Crippen LogP contribution in [-0.4, -0.2) is 134 Å². The first kappa shape index (κ1) is 43.9. The number of quaternary nitrogens is 1. The smallest absolute Gasteiger partial charge is 0.435 e. The number of aromatic nitrogens is 5. The van der Waals surface area contributed by atoms with Gasteiger partial charge in [-0.25, -0.2) is 19.4 Å². The molecule has 0 bridgehead atoms. The van der Waals surface area contributed by atoms with E-state index in [-0.39, 0.29) is 63.5 Å². The molecule has 2 aliphatic rings. The molecular formula is C40H50ClF3N11O5+. The first-order valence-electron chi connectivity index (χ1n) is 19.6. The molecule has 0 aliphatic carbocycles. The van der Waals surface area contributed by atoms with Crippen molar-refractivity contribution in [1.82, 2.24) is 39.4 Å². The fourth-order valence-corrected chi connectivity index (χ4v) is 7.36. The number of hydrogen-bond acceptors (Lipinski definition) is 9. The lowest BCUT2D eigenvalue weighted by atomic mass is 9.94. The van der Waals surface area contributed by atoms with Gasteiger partial charge < -0.3 is 39.5 Å². The molecule has 3 N–H and O–H groups in total. The SMILES string of the molecule is Cn1c(-c2cn(-c3ccc(NCCNC(=O)OC(C)(C)C)cn3)nc2C(F)(F)F)cnc1C(=O)Nc1ccc(C(=O)N2CCN(C(=O)C3CC[N+](C)(C)CC3)CC2)c(Cl)c1. The molecule has 0 saturated carbocycles. The molecule has 5 heterocycles. The van der Waals surface area contributed by atoms with Gasteiger partial charge in [-0.3, -0.25) is 14.4 Å². The number of likely N-dealkylation sites (tertiary alicyclic amines) is 1. The molecule has 20 heteroatoms. The number of pyridine rings is 1. The number of alkyl carbamates (subject to hydrolysis) is 1. The third-order valence-corrected chi connectivity index (χ3v) is 10.7. The van der Waals surface area contributed by atoms with Crippen LogP contribution in [0.25, 0.3) is 17.1 Å². The summed E-state index contributed by atoms with van der Waals surface area (Å²) in [4.78, 5) is 63.7. The number of piperidine rings is 1. The molecule has 322 valence electrons. The van der Waals surface area contributed by atoms with Gasteiger partial charge in [0.2, 0.25) is 5.91 Å². The van der Waals surface area contributed by atoms with E-state index < -0.39 is 29.5 Å². The van der Waals surface area contributed by atoms with Crippen LogP contribution in [-0.2, 0) is 22.8 Å². The van der Waals surface area contributed by atoms with Gasteiger partial charge in [0.25, 0.3) is 11.8 Å². The predicted molar refractivity (Wildman–Crippen MR) is 218 cm³/mol. The Labute approximate surface area is 350 Å². The summed E-state index contributed by atoms with van der Waals surface area (Å²) in [7, 11) is 5.75. The molecule has 3 aromatic heterocycles. The highest BCUT2D eigenvalue weighted by Gasteiger charge is 2.39. The summed E-state index contributed by atoms with van der Waals surface area (Å²) in [6, 6.07) is 7.50. The number of ether oxygens (including phenoxy) is 1. The topological polar surface area (TPSA) is 169 Å². The lowest BCUT2D eigenvalue weighted by Gasteiger charge is -2.40. The van der Waals surface area contributed by atoms with Gasteiger partial charge in [-0.15, -0.1) is 0 Å². The minimum atomic E-state index is -4.86. The number of nitrogens with zero attached hydrogens (tertiary/aromatic N) is 8. The van der Waals surface area contributed by atoms with Gasteiger partial charge in [-0.1, -0.05) is 11.6 Å². The molecule has 2 fully saturated rings. The van der Waals surface area contributed by atoms with Crippen LogP contribution < -0.4 is 16.0 Å². The molecule has 4 aromatic rings.